The average molecular weight is 549 g/mol. The maximum absolute atomic E-state index is 14.1. The topological polar surface area (TPSA) is 95.1 Å². The maximum atomic E-state index is 14.1. The number of amides is 2. The number of methoxy groups -OCH3 is 3. The van der Waals surface area contributed by atoms with Crippen LogP contribution in [0.2, 0.25) is 0 Å². The monoisotopic (exact) mass is 548 g/mol. The summed E-state index contributed by atoms with van der Waals surface area (Å²) >= 11 is 0. The van der Waals surface area contributed by atoms with E-state index < -0.39 is 29.7 Å². The van der Waals surface area contributed by atoms with Gasteiger partial charge in [-0.25, -0.2) is 18.4 Å². The number of ether oxygens (including phenoxy) is 4. The molecule has 0 heterocycles. The van der Waals surface area contributed by atoms with Gasteiger partial charge in [0, 0.05) is 17.4 Å². The van der Waals surface area contributed by atoms with E-state index in [1.807, 2.05) is 0 Å². The number of halogens is 2. The van der Waals surface area contributed by atoms with Crippen molar-refractivity contribution in [1.82, 2.24) is 0 Å². The van der Waals surface area contributed by atoms with E-state index >= 15 is 0 Å². The van der Waals surface area contributed by atoms with Crippen LogP contribution in [-0.4, -0.2) is 33.3 Å². The summed E-state index contributed by atoms with van der Waals surface area (Å²) < 4.78 is 49.7. The van der Waals surface area contributed by atoms with Gasteiger partial charge in [-0.05, 0) is 65.7 Å². The SMILES string of the molecule is COC(=O)c1cc(NC(=O)Nc2ccc(OC)c(OC)c2)ccc1OC(c1cccc(F)c1)c1cccc(F)c1. The van der Waals surface area contributed by atoms with E-state index in [-0.39, 0.29) is 17.0 Å². The van der Waals surface area contributed by atoms with Gasteiger partial charge in [0.05, 0.1) is 21.3 Å². The van der Waals surface area contributed by atoms with Gasteiger partial charge in [-0.2, -0.15) is 0 Å². The minimum absolute atomic E-state index is 0.00998. The number of anilines is 2. The number of benzene rings is 4. The molecule has 206 valence electrons. The summed E-state index contributed by atoms with van der Waals surface area (Å²) in [5.74, 6) is -0.735. The summed E-state index contributed by atoms with van der Waals surface area (Å²) in [6, 6.07) is 20.0. The molecule has 8 nitrogen and oxygen atoms in total. The van der Waals surface area contributed by atoms with Gasteiger partial charge in [-0.15, -0.1) is 0 Å². The first-order valence-electron chi connectivity index (χ1n) is 12.0. The molecule has 0 atom stereocenters. The number of carbonyl (C=O) groups excluding carboxylic acids is 2. The summed E-state index contributed by atoms with van der Waals surface area (Å²) in [6.07, 6.45) is -0.957. The van der Waals surface area contributed by atoms with Gasteiger partial charge in [-0.3, -0.25) is 0 Å². The lowest BCUT2D eigenvalue weighted by molar-refractivity contribution is 0.0594. The standard InChI is InChI=1S/C30H26F2N2O6/c1-37-26-13-11-23(17-27(26)38-2)34-30(36)33-22-10-12-25(24(16-22)29(35)39-3)40-28(18-6-4-8-20(31)14-18)19-7-5-9-21(32)15-19/h4-17,28H,1-3H3,(H2,33,34,36). The normalized spacial score (nSPS) is 10.6. The summed E-state index contributed by atoms with van der Waals surface area (Å²) in [4.78, 5) is 25.4. The van der Waals surface area contributed by atoms with Crippen molar-refractivity contribution in [2.45, 2.75) is 6.10 Å². The third kappa shape index (κ3) is 6.65. The van der Waals surface area contributed by atoms with E-state index in [4.69, 9.17) is 18.9 Å². The van der Waals surface area contributed by atoms with Crippen LogP contribution in [0.3, 0.4) is 0 Å². The summed E-state index contributed by atoms with van der Waals surface area (Å²) in [7, 11) is 4.18. The zero-order chi connectivity index (χ0) is 28.6. The Hall–Kier alpha value is -5.12. The molecule has 0 radical (unpaired) electrons. The lowest BCUT2D eigenvalue weighted by Crippen LogP contribution is -2.20. The summed E-state index contributed by atoms with van der Waals surface area (Å²) in [5, 5.41) is 5.33. The Morgan fingerprint density at radius 1 is 0.675 bits per heavy atom. The molecule has 0 saturated heterocycles. The van der Waals surface area contributed by atoms with Crippen LogP contribution >= 0.6 is 0 Å². The Labute approximate surface area is 229 Å². The highest BCUT2D eigenvalue weighted by Gasteiger charge is 2.22. The molecule has 0 unspecified atom stereocenters. The van der Waals surface area contributed by atoms with Crippen LogP contribution in [0.1, 0.15) is 27.6 Å². The average Bonchev–Trinajstić information content (AvgIpc) is 2.95. The van der Waals surface area contributed by atoms with Gasteiger partial charge in [0.1, 0.15) is 29.1 Å². The Bertz CT molecular complexity index is 1480. The number of nitrogens with one attached hydrogen (secondary N) is 2. The van der Waals surface area contributed by atoms with Crippen LogP contribution in [0, 0.1) is 11.6 Å². The van der Waals surface area contributed by atoms with Gasteiger partial charge in [0.25, 0.3) is 0 Å². The zero-order valence-electron chi connectivity index (χ0n) is 21.9. The van der Waals surface area contributed by atoms with Crippen molar-refractivity contribution in [1.29, 1.82) is 0 Å². The second kappa shape index (κ2) is 12.6. The Morgan fingerprint density at radius 2 is 1.23 bits per heavy atom. The lowest BCUT2D eigenvalue weighted by atomic mass is 10.0. The Kier molecular flexibility index (Phi) is 8.80. The number of hydrogen-bond donors (Lipinski definition) is 2. The molecule has 0 spiro atoms. The largest absolute Gasteiger partial charge is 0.493 e. The van der Waals surface area contributed by atoms with Gasteiger partial charge >= 0.3 is 12.0 Å². The fraction of sp³-hybridized carbons (Fsp3) is 0.133. The molecule has 0 aliphatic carbocycles. The molecular weight excluding hydrogens is 522 g/mol. The van der Waals surface area contributed by atoms with Crippen LogP contribution in [0.4, 0.5) is 25.0 Å². The second-order valence-corrected chi connectivity index (χ2v) is 8.46. The van der Waals surface area contributed by atoms with Crippen molar-refractivity contribution >= 4 is 23.4 Å². The van der Waals surface area contributed by atoms with Crippen LogP contribution in [0.5, 0.6) is 17.2 Å². The predicted octanol–water partition coefficient (Wildman–Crippen LogP) is 6.58. The first-order valence-corrected chi connectivity index (χ1v) is 12.0. The number of rotatable bonds is 9. The molecule has 0 aliphatic heterocycles. The highest BCUT2D eigenvalue weighted by atomic mass is 19.1. The van der Waals surface area contributed by atoms with E-state index in [2.05, 4.69) is 10.6 Å². The molecule has 0 aromatic heterocycles. The fourth-order valence-corrected chi connectivity index (χ4v) is 3.98. The van der Waals surface area contributed by atoms with Crippen molar-refractivity contribution in [2.75, 3.05) is 32.0 Å². The molecule has 40 heavy (non-hydrogen) atoms. The summed E-state index contributed by atoms with van der Waals surface area (Å²) in [6.45, 7) is 0. The minimum Gasteiger partial charge on any atom is -0.493 e. The summed E-state index contributed by atoms with van der Waals surface area (Å²) in [5.41, 5.74) is 1.50. The molecule has 2 amide bonds. The van der Waals surface area contributed by atoms with Crippen LogP contribution < -0.4 is 24.8 Å². The first-order chi connectivity index (χ1) is 19.3. The zero-order valence-corrected chi connectivity index (χ0v) is 21.9. The predicted molar refractivity (Wildman–Crippen MR) is 145 cm³/mol. The smallest absolute Gasteiger partial charge is 0.341 e. The molecule has 0 fully saturated rings. The molecule has 4 aromatic rings. The molecule has 10 heteroatoms. The third-order valence-corrected chi connectivity index (χ3v) is 5.83. The molecular formula is C30H26F2N2O6. The van der Waals surface area contributed by atoms with Crippen LogP contribution in [0.15, 0.2) is 84.9 Å². The molecule has 2 N–H and O–H groups in total. The maximum Gasteiger partial charge on any atom is 0.341 e. The van der Waals surface area contributed by atoms with Gasteiger partial charge < -0.3 is 29.6 Å². The third-order valence-electron chi connectivity index (χ3n) is 5.83. The van der Waals surface area contributed by atoms with Gasteiger partial charge in [0.2, 0.25) is 0 Å². The van der Waals surface area contributed by atoms with E-state index in [0.29, 0.717) is 28.3 Å². The van der Waals surface area contributed by atoms with Crippen LogP contribution in [0.25, 0.3) is 0 Å². The van der Waals surface area contributed by atoms with Crippen molar-refractivity contribution in [3.63, 3.8) is 0 Å². The molecule has 0 aliphatic rings. The number of esters is 1. The van der Waals surface area contributed by atoms with Gasteiger partial charge in [0.15, 0.2) is 11.5 Å². The fourth-order valence-electron chi connectivity index (χ4n) is 3.98. The van der Waals surface area contributed by atoms with Crippen LogP contribution in [-0.2, 0) is 4.74 Å². The van der Waals surface area contributed by atoms with Crippen molar-refractivity contribution in [2.24, 2.45) is 0 Å². The second-order valence-electron chi connectivity index (χ2n) is 8.46. The Morgan fingerprint density at radius 3 is 1.75 bits per heavy atom. The lowest BCUT2D eigenvalue weighted by Gasteiger charge is -2.22. The van der Waals surface area contributed by atoms with E-state index in [9.17, 15) is 18.4 Å². The Balaban J connectivity index is 1.61. The number of hydrogen-bond acceptors (Lipinski definition) is 6. The van der Waals surface area contributed by atoms with Crippen molar-refractivity contribution in [3.05, 3.63) is 113 Å². The minimum atomic E-state index is -0.957. The molecule has 0 bridgehead atoms. The molecule has 4 aromatic carbocycles. The quantitative estimate of drug-likeness (QED) is 0.230. The van der Waals surface area contributed by atoms with E-state index in [0.717, 1.165) is 0 Å². The molecule has 0 saturated carbocycles. The number of carbonyl (C=O) groups is 2. The van der Waals surface area contributed by atoms with E-state index in [1.165, 1.54) is 75.9 Å². The van der Waals surface area contributed by atoms with Gasteiger partial charge in [-0.1, -0.05) is 24.3 Å². The number of urea groups is 1. The molecule has 4 rings (SSSR count). The first kappa shape index (κ1) is 27.9. The van der Waals surface area contributed by atoms with E-state index in [1.54, 1.807) is 30.3 Å². The highest BCUT2D eigenvalue weighted by Crippen LogP contribution is 2.33. The van der Waals surface area contributed by atoms with Crippen molar-refractivity contribution < 1.29 is 37.3 Å². The van der Waals surface area contributed by atoms with Crippen molar-refractivity contribution in [3.8, 4) is 17.2 Å². The highest BCUT2D eigenvalue weighted by molar-refractivity contribution is 6.01.